The van der Waals surface area contributed by atoms with E-state index < -0.39 is 24.0 Å². The first kappa shape index (κ1) is 38.6. The summed E-state index contributed by atoms with van der Waals surface area (Å²) in [6.45, 7) is 5.58. The van der Waals surface area contributed by atoms with Gasteiger partial charge in [0.15, 0.2) is 17.2 Å². The molecule has 0 bridgehead atoms. The van der Waals surface area contributed by atoms with Crippen molar-refractivity contribution in [2.24, 2.45) is 5.41 Å². The molecule has 3 saturated heterocycles. The van der Waals surface area contributed by atoms with E-state index in [0.29, 0.717) is 42.3 Å². The third kappa shape index (κ3) is 7.23. The lowest BCUT2D eigenvalue weighted by Gasteiger charge is -2.48. The van der Waals surface area contributed by atoms with Gasteiger partial charge in [-0.15, -0.1) is 5.10 Å². The zero-order valence-corrected chi connectivity index (χ0v) is 34.3. The molecular weight excluding hydrogens is 783 g/mol. The molecule has 3 aromatic heterocycles. The summed E-state index contributed by atoms with van der Waals surface area (Å²) in [6.07, 6.45) is 9.05. The number of amides is 3. The van der Waals surface area contributed by atoms with Gasteiger partial charge in [-0.2, -0.15) is 0 Å². The number of carbonyl (C=O) groups excluding carboxylic acids is 3. The molecule has 10 rings (SSSR count). The van der Waals surface area contributed by atoms with E-state index in [4.69, 9.17) is 21.7 Å². The number of piperidine rings is 3. The maximum atomic E-state index is 13.6. The molecule has 2 unspecified atom stereocenters. The number of carbonyl (C=O) groups is 3. The smallest absolute Gasteiger partial charge is 0.271 e. The molecule has 1 saturated carbocycles. The quantitative estimate of drug-likeness (QED) is 0.143. The van der Waals surface area contributed by atoms with Gasteiger partial charge in [0.1, 0.15) is 6.17 Å². The molecule has 13 nitrogen and oxygen atoms in total. The molecule has 7 heterocycles. The molecule has 310 valence electrons. The second-order valence-electron chi connectivity index (χ2n) is 17.1. The Hall–Kier alpha value is -5.60. The molecule has 3 amide bonds. The number of pyridine rings is 1. The zero-order chi connectivity index (χ0) is 41.1. The van der Waals surface area contributed by atoms with Crippen molar-refractivity contribution in [2.75, 3.05) is 54.9 Å². The van der Waals surface area contributed by atoms with Gasteiger partial charge in [0.05, 0.1) is 29.5 Å². The van der Waals surface area contributed by atoms with E-state index in [2.05, 4.69) is 78.1 Å². The molecule has 1 aliphatic carbocycles. The van der Waals surface area contributed by atoms with Gasteiger partial charge in [-0.3, -0.25) is 29.6 Å². The average molecular weight is 831 g/mol. The Morgan fingerprint density at radius 3 is 2.62 bits per heavy atom. The summed E-state index contributed by atoms with van der Waals surface area (Å²) >= 11 is 6.61. The number of imidazole rings is 1. The number of hydrogen-bond donors (Lipinski definition) is 3. The van der Waals surface area contributed by atoms with Crippen molar-refractivity contribution in [1.82, 2.24) is 35.1 Å². The van der Waals surface area contributed by atoms with Crippen molar-refractivity contribution in [1.29, 1.82) is 0 Å². The number of nitrogens with zero attached hydrogens (tertiary/aromatic N) is 7. The van der Waals surface area contributed by atoms with E-state index in [1.54, 1.807) is 4.52 Å². The van der Waals surface area contributed by atoms with Gasteiger partial charge in [-0.1, -0.05) is 29.8 Å². The SMILES string of the molecule is CNc1cc(N2CCc3c(-c4ccc(CN5CCC6(CCCN(c7ccc(Cl)c(C8CCC(=O)NC8=O)c7)C6)CC5)cn4)cccc32)nn2c(C(=O)NC3C[C@@H]3F)cnc12. The van der Waals surface area contributed by atoms with Crippen LogP contribution in [0.25, 0.3) is 16.9 Å². The third-order valence-corrected chi connectivity index (χ3v) is 13.7. The maximum Gasteiger partial charge on any atom is 0.271 e. The first-order valence-electron chi connectivity index (χ1n) is 21.1. The second-order valence-corrected chi connectivity index (χ2v) is 17.6. The van der Waals surface area contributed by atoms with E-state index in [-0.39, 0.29) is 22.9 Å². The minimum atomic E-state index is -1.00. The molecular formula is C45H48ClFN10O3. The van der Waals surface area contributed by atoms with Gasteiger partial charge in [0.25, 0.3) is 5.91 Å². The second kappa shape index (κ2) is 15.5. The lowest BCUT2D eigenvalue weighted by Crippen LogP contribution is -2.49. The fraction of sp³-hybridized carbons (Fsp3) is 0.422. The van der Waals surface area contributed by atoms with Crippen molar-refractivity contribution >= 4 is 57.8 Å². The molecule has 4 aliphatic heterocycles. The minimum absolute atomic E-state index is 0.220. The highest BCUT2D eigenvalue weighted by atomic mass is 35.5. The predicted molar refractivity (Wildman–Crippen MR) is 229 cm³/mol. The van der Waals surface area contributed by atoms with Gasteiger partial charge in [-0.25, -0.2) is 13.9 Å². The summed E-state index contributed by atoms with van der Waals surface area (Å²) in [5.74, 6) is -0.595. The Balaban J connectivity index is 0.795. The monoisotopic (exact) mass is 830 g/mol. The Morgan fingerprint density at radius 2 is 1.85 bits per heavy atom. The van der Waals surface area contributed by atoms with Crippen LogP contribution in [0.1, 0.15) is 78.0 Å². The van der Waals surface area contributed by atoms with Crippen molar-refractivity contribution < 1.29 is 18.8 Å². The molecule has 3 atom stereocenters. The normalized spacial score (nSPS) is 22.6. The lowest BCUT2D eigenvalue weighted by atomic mass is 9.72. The molecule has 2 aromatic carbocycles. The van der Waals surface area contributed by atoms with Gasteiger partial charge in [0, 0.05) is 80.3 Å². The fourth-order valence-corrected chi connectivity index (χ4v) is 10.1. The zero-order valence-electron chi connectivity index (χ0n) is 33.6. The van der Waals surface area contributed by atoms with Crippen LogP contribution >= 0.6 is 11.6 Å². The van der Waals surface area contributed by atoms with E-state index in [1.165, 1.54) is 23.7 Å². The largest absolute Gasteiger partial charge is 0.385 e. The Morgan fingerprint density at radius 1 is 1.00 bits per heavy atom. The number of anilines is 4. The number of alkyl halides is 1. The van der Waals surface area contributed by atoms with Gasteiger partial charge in [-0.05, 0) is 104 Å². The molecule has 4 fully saturated rings. The number of benzene rings is 2. The van der Waals surface area contributed by atoms with Crippen LogP contribution in [0.5, 0.6) is 0 Å². The summed E-state index contributed by atoms with van der Waals surface area (Å²) < 4.78 is 15.1. The van der Waals surface area contributed by atoms with Crippen LogP contribution in [-0.2, 0) is 22.6 Å². The van der Waals surface area contributed by atoms with E-state index in [1.807, 2.05) is 25.4 Å². The van der Waals surface area contributed by atoms with Gasteiger partial charge in [0.2, 0.25) is 11.8 Å². The van der Waals surface area contributed by atoms with Crippen molar-refractivity contribution in [3.05, 3.63) is 94.4 Å². The summed E-state index contributed by atoms with van der Waals surface area (Å²) in [5, 5.41) is 13.9. The van der Waals surface area contributed by atoms with Crippen LogP contribution in [0.2, 0.25) is 5.02 Å². The molecule has 3 N–H and O–H groups in total. The van der Waals surface area contributed by atoms with Crippen LogP contribution in [0, 0.1) is 5.41 Å². The molecule has 5 aromatic rings. The number of aromatic nitrogens is 4. The van der Waals surface area contributed by atoms with Crippen LogP contribution in [0.4, 0.5) is 27.3 Å². The summed E-state index contributed by atoms with van der Waals surface area (Å²) in [5.41, 5.74) is 9.14. The predicted octanol–water partition coefficient (Wildman–Crippen LogP) is 6.42. The van der Waals surface area contributed by atoms with Crippen LogP contribution in [0.15, 0.2) is 67.0 Å². The number of fused-ring (bicyclic) bond motifs is 2. The summed E-state index contributed by atoms with van der Waals surface area (Å²) in [4.78, 5) is 54.1. The summed E-state index contributed by atoms with van der Waals surface area (Å²) in [7, 11) is 1.82. The van der Waals surface area contributed by atoms with Crippen molar-refractivity contribution in [3.63, 3.8) is 0 Å². The van der Waals surface area contributed by atoms with Crippen LogP contribution in [-0.4, -0.2) is 94.2 Å². The lowest BCUT2D eigenvalue weighted by molar-refractivity contribution is -0.134. The topological polar surface area (TPSA) is 140 Å². The number of likely N-dealkylation sites (tertiary alicyclic amines) is 1. The first-order chi connectivity index (χ1) is 29.1. The van der Waals surface area contributed by atoms with Crippen LogP contribution in [0.3, 0.4) is 0 Å². The van der Waals surface area contributed by atoms with Gasteiger partial charge < -0.3 is 20.4 Å². The van der Waals surface area contributed by atoms with E-state index in [9.17, 15) is 18.8 Å². The van der Waals surface area contributed by atoms with E-state index in [0.717, 1.165) is 92.3 Å². The van der Waals surface area contributed by atoms with Crippen LogP contribution < -0.4 is 25.8 Å². The highest BCUT2D eigenvalue weighted by Gasteiger charge is 2.40. The average Bonchev–Trinajstić information content (AvgIpc) is 3.57. The summed E-state index contributed by atoms with van der Waals surface area (Å²) in [6, 6.07) is 18.2. The number of rotatable bonds is 9. The fourth-order valence-electron chi connectivity index (χ4n) is 9.84. The Bertz CT molecular complexity index is 2500. The highest BCUT2D eigenvalue weighted by molar-refractivity contribution is 6.31. The number of nitrogens with one attached hydrogen (secondary N) is 3. The minimum Gasteiger partial charge on any atom is -0.385 e. The number of halogens is 2. The van der Waals surface area contributed by atoms with Crippen molar-refractivity contribution in [3.8, 4) is 11.3 Å². The standard InChI is InChI=1S/C45H48ClFN10O3/c1-48-37-22-40(53-57-39(24-50-42(37)57)44(60)51-36-21-34(36)47)56-17-12-30-29(4-2-5-38(30)56)35-10-6-27(23-49-35)25-54-18-14-45(15-19-54)13-3-16-55(26-45)28-7-9-33(46)32(20-28)31-8-11-41(58)52-43(31)59/h2,4-7,9-10,20,22-24,31,34,36,48H,3,8,11-19,21,25-26H2,1H3,(H,51,60)(H,52,58,59)/t31?,34-,36?/m0/s1. The van der Waals surface area contributed by atoms with Gasteiger partial charge >= 0.3 is 0 Å². The molecule has 0 radical (unpaired) electrons. The number of hydrogen-bond acceptors (Lipinski definition) is 10. The molecule has 60 heavy (non-hydrogen) atoms. The maximum absolute atomic E-state index is 13.6. The Kier molecular flexibility index (Phi) is 9.94. The Labute approximate surface area is 352 Å². The van der Waals surface area contributed by atoms with E-state index >= 15 is 0 Å². The molecule has 15 heteroatoms. The van der Waals surface area contributed by atoms with Crippen molar-refractivity contribution in [2.45, 2.75) is 76.0 Å². The first-order valence-corrected chi connectivity index (χ1v) is 21.5. The molecule has 1 spiro atoms. The molecule has 5 aliphatic rings. The third-order valence-electron chi connectivity index (χ3n) is 13.3. The number of imide groups is 1. The highest BCUT2D eigenvalue weighted by Crippen LogP contribution is 2.43.